The Bertz CT molecular complexity index is 866. The van der Waals surface area contributed by atoms with Gasteiger partial charge in [0.05, 0.1) is 18.7 Å². The van der Waals surface area contributed by atoms with Crippen LogP contribution >= 0.6 is 11.6 Å². The van der Waals surface area contributed by atoms with Crippen LogP contribution in [0.15, 0.2) is 36.4 Å². The van der Waals surface area contributed by atoms with Gasteiger partial charge < -0.3 is 15.0 Å². The van der Waals surface area contributed by atoms with Crippen LogP contribution in [0, 0.1) is 19.8 Å². The van der Waals surface area contributed by atoms with Crippen molar-refractivity contribution in [3.05, 3.63) is 52.5 Å². The number of rotatable bonds is 4. The fourth-order valence-corrected chi connectivity index (χ4v) is 3.33. The zero-order valence-electron chi connectivity index (χ0n) is 15.0. The van der Waals surface area contributed by atoms with Crippen LogP contribution in [0.5, 0.6) is 5.75 Å². The van der Waals surface area contributed by atoms with Crippen LogP contribution in [0.4, 0.5) is 11.4 Å². The number of hydrogen-bond acceptors (Lipinski definition) is 3. The number of halogens is 1. The zero-order valence-corrected chi connectivity index (χ0v) is 15.8. The lowest BCUT2D eigenvalue weighted by atomic mass is 10.1. The molecule has 0 aliphatic carbocycles. The fraction of sp³-hybridized carbons (Fsp3) is 0.300. The highest BCUT2D eigenvalue weighted by atomic mass is 35.5. The molecule has 136 valence electrons. The Morgan fingerprint density at radius 3 is 2.77 bits per heavy atom. The third-order valence-corrected chi connectivity index (χ3v) is 5.02. The minimum Gasteiger partial charge on any atom is -0.495 e. The highest BCUT2D eigenvalue weighted by Gasteiger charge is 2.36. The minimum atomic E-state index is -0.425. The van der Waals surface area contributed by atoms with Crippen LogP contribution in [0.25, 0.3) is 0 Å². The van der Waals surface area contributed by atoms with Gasteiger partial charge in [-0.05, 0) is 49.2 Å². The maximum absolute atomic E-state index is 12.7. The second kappa shape index (κ2) is 7.38. The Kier molecular flexibility index (Phi) is 5.18. The Labute approximate surface area is 157 Å². The van der Waals surface area contributed by atoms with Crippen molar-refractivity contribution in [1.29, 1.82) is 0 Å². The zero-order chi connectivity index (χ0) is 18.8. The molecule has 1 aliphatic heterocycles. The average molecular weight is 373 g/mol. The summed E-state index contributed by atoms with van der Waals surface area (Å²) >= 11 is 6.01. The predicted molar refractivity (Wildman–Crippen MR) is 103 cm³/mol. The first-order chi connectivity index (χ1) is 12.4. The van der Waals surface area contributed by atoms with E-state index in [4.69, 9.17) is 16.3 Å². The molecule has 0 aromatic heterocycles. The van der Waals surface area contributed by atoms with E-state index in [0.717, 1.165) is 16.8 Å². The second-order valence-electron chi connectivity index (χ2n) is 6.46. The van der Waals surface area contributed by atoms with Crippen molar-refractivity contribution in [2.75, 3.05) is 23.9 Å². The number of nitrogens with one attached hydrogen (secondary N) is 1. The summed E-state index contributed by atoms with van der Waals surface area (Å²) in [5, 5.41) is 3.34. The monoisotopic (exact) mass is 372 g/mol. The third-order valence-electron chi connectivity index (χ3n) is 4.78. The van der Waals surface area contributed by atoms with Gasteiger partial charge in [-0.1, -0.05) is 23.7 Å². The molecule has 1 fully saturated rings. The molecule has 0 radical (unpaired) electrons. The highest BCUT2D eigenvalue weighted by molar-refractivity contribution is 6.31. The summed E-state index contributed by atoms with van der Waals surface area (Å²) in [5.41, 5.74) is 3.54. The first kappa shape index (κ1) is 18.3. The molecule has 1 N–H and O–H groups in total. The summed E-state index contributed by atoms with van der Waals surface area (Å²) in [6, 6.07) is 10.9. The van der Waals surface area contributed by atoms with Crippen LogP contribution in [-0.4, -0.2) is 25.5 Å². The fourth-order valence-electron chi connectivity index (χ4n) is 3.16. The number of carbonyl (C=O) groups excluding carboxylic acids is 2. The van der Waals surface area contributed by atoms with E-state index in [1.807, 2.05) is 32.0 Å². The summed E-state index contributed by atoms with van der Waals surface area (Å²) in [6.45, 7) is 4.36. The normalized spacial score (nSPS) is 16.7. The third kappa shape index (κ3) is 3.53. The van der Waals surface area contributed by atoms with Crippen molar-refractivity contribution in [2.24, 2.45) is 5.92 Å². The topological polar surface area (TPSA) is 58.6 Å². The van der Waals surface area contributed by atoms with Crippen LogP contribution in [0.2, 0.25) is 5.02 Å². The molecule has 1 saturated heterocycles. The number of carbonyl (C=O) groups is 2. The van der Waals surface area contributed by atoms with Gasteiger partial charge in [-0.2, -0.15) is 0 Å². The SMILES string of the molecule is COc1ccc(Cl)cc1NC(=O)[C@@H]1CC(=O)N(c2cccc(C)c2C)C1. The van der Waals surface area contributed by atoms with Crippen molar-refractivity contribution < 1.29 is 14.3 Å². The van der Waals surface area contributed by atoms with E-state index in [2.05, 4.69) is 5.32 Å². The van der Waals surface area contributed by atoms with E-state index >= 15 is 0 Å². The molecular formula is C20H21ClN2O3. The molecule has 2 aromatic carbocycles. The van der Waals surface area contributed by atoms with E-state index in [1.165, 1.54) is 7.11 Å². The lowest BCUT2D eigenvalue weighted by Crippen LogP contribution is -2.28. The molecule has 1 aliphatic rings. The summed E-state index contributed by atoms with van der Waals surface area (Å²) in [6.07, 6.45) is 0.183. The minimum absolute atomic E-state index is 0.0445. The van der Waals surface area contributed by atoms with E-state index in [0.29, 0.717) is 23.0 Å². The molecule has 0 saturated carbocycles. The summed E-state index contributed by atoms with van der Waals surface area (Å²) < 4.78 is 5.25. The second-order valence-corrected chi connectivity index (χ2v) is 6.89. The van der Waals surface area contributed by atoms with Gasteiger partial charge in [0.15, 0.2) is 0 Å². The Morgan fingerprint density at radius 1 is 1.27 bits per heavy atom. The first-order valence-corrected chi connectivity index (χ1v) is 8.79. The number of benzene rings is 2. The Hall–Kier alpha value is -2.53. The molecule has 26 heavy (non-hydrogen) atoms. The van der Waals surface area contributed by atoms with Crippen molar-refractivity contribution in [3.63, 3.8) is 0 Å². The molecule has 1 atom stereocenters. The number of ether oxygens (including phenoxy) is 1. The molecule has 0 bridgehead atoms. The maximum atomic E-state index is 12.7. The van der Waals surface area contributed by atoms with Crippen LogP contribution in [0.3, 0.4) is 0 Å². The van der Waals surface area contributed by atoms with Crippen molar-refractivity contribution in [1.82, 2.24) is 0 Å². The van der Waals surface area contributed by atoms with Gasteiger partial charge in [-0.3, -0.25) is 9.59 Å². The molecular weight excluding hydrogens is 352 g/mol. The van der Waals surface area contributed by atoms with Gasteiger partial charge in [-0.15, -0.1) is 0 Å². The molecule has 2 amide bonds. The quantitative estimate of drug-likeness (QED) is 0.883. The van der Waals surface area contributed by atoms with Crippen LogP contribution < -0.4 is 15.0 Å². The molecule has 0 spiro atoms. The molecule has 6 heteroatoms. The lowest BCUT2D eigenvalue weighted by Gasteiger charge is -2.20. The summed E-state index contributed by atoms with van der Waals surface area (Å²) in [5.74, 6) is -0.159. The smallest absolute Gasteiger partial charge is 0.229 e. The van der Waals surface area contributed by atoms with Crippen LogP contribution in [-0.2, 0) is 9.59 Å². The summed E-state index contributed by atoms with van der Waals surface area (Å²) in [7, 11) is 1.53. The van der Waals surface area contributed by atoms with E-state index in [-0.39, 0.29) is 18.2 Å². The van der Waals surface area contributed by atoms with Crippen LogP contribution in [0.1, 0.15) is 17.5 Å². The lowest BCUT2D eigenvalue weighted by molar-refractivity contribution is -0.122. The number of amides is 2. The molecule has 5 nitrogen and oxygen atoms in total. The van der Waals surface area contributed by atoms with Crippen molar-refractivity contribution in [2.45, 2.75) is 20.3 Å². The number of anilines is 2. The van der Waals surface area contributed by atoms with Gasteiger partial charge in [0.2, 0.25) is 11.8 Å². The number of hydrogen-bond donors (Lipinski definition) is 1. The Morgan fingerprint density at radius 2 is 2.04 bits per heavy atom. The molecule has 0 unspecified atom stereocenters. The van der Waals surface area contributed by atoms with Gasteiger partial charge in [0.1, 0.15) is 5.75 Å². The molecule has 3 rings (SSSR count). The maximum Gasteiger partial charge on any atom is 0.229 e. The largest absolute Gasteiger partial charge is 0.495 e. The highest BCUT2D eigenvalue weighted by Crippen LogP contribution is 2.32. The average Bonchev–Trinajstić information content (AvgIpc) is 2.99. The van der Waals surface area contributed by atoms with E-state index in [9.17, 15) is 9.59 Å². The van der Waals surface area contributed by atoms with Crippen molar-refractivity contribution in [3.8, 4) is 5.75 Å². The molecule has 2 aromatic rings. The van der Waals surface area contributed by atoms with E-state index < -0.39 is 5.92 Å². The standard InChI is InChI=1S/C20H21ClN2O3/c1-12-5-4-6-17(13(12)2)23-11-14(9-19(23)24)20(25)22-16-10-15(21)7-8-18(16)26-3/h4-8,10,14H,9,11H2,1-3H3,(H,22,25)/t14-/m1/s1. The number of nitrogens with zero attached hydrogens (tertiary/aromatic N) is 1. The number of aryl methyl sites for hydroxylation is 1. The first-order valence-electron chi connectivity index (χ1n) is 8.41. The predicted octanol–water partition coefficient (Wildman–Crippen LogP) is 3.96. The van der Waals surface area contributed by atoms with Gasteiger partial charge in [0, 0.05) is 23.7 Å². The molecule has 1 heterocycles. The van der Waals surface area contributed by atoms with Gasteiger partial charge in [-0.25, -0.2) is 0 Å². The van der Waals surface area contributed by atoms with Gasteiger partial charge in [0.25, 0.3) is 0 Å². The van der Waals surface area contributed by atoms with Gasteiger partial charge >= 0.3 is 0 Å². The van der Waals surface area contributed by atoms with Crippen molar-refractivity contribution >= 4 is 34.8 Å². The summed E-state index contributed by atoms with van der Waals surface area (Å²) in [4.78, 5) is 26.9. The van der Waals surface area contributed by atoms with E-state index in [1.54, 1.807) is 23.1 Å². The Balaban J connectivity index is 1.77. The number of methoxy groups -OCH3 is 1.